The first-order valence-electron chi connectivity index (χ1n) is 7.36. The van der Waals surface area contributed by atoms with E-state index in [-0.39, 0.29) is 16.6 Å². The lowest BCUT2D eigenvalue weighted by Gasteiger charge is -2.14. The van der Waals surface area contributed by atoms with Gasteiger partial charge in [0.15, 0.2) is 0 Å². The third-order valence-electron chi connectivity index (χ3n) is 3.16. The second kappa shape index (κ2) is 9.53. The number of nitrogens with one attached hydrogen (secondary N) is 1. The number of hydrogen-bond donors (Lipinski definition) is 1. The first-order chi connectivity index (χ1) is 10.9. The Morgan fingerprint density at radius 2 is 2.00 bits per heavy atom. The summed E-state index contributed by atoms with van der Waals surface area (Å²) in [5.74, 6) is -1.28. The predicted octanol–water partition coefficient (Wildman–Crippen LogP) is 4.08. The molecule has 1 atom stereocenters. The van der Waals surface area contributed by atoms with Crippen LogP contribution >= 0.6 is 23.2 Å². The molecule has 1 N–H and O–H groups in total. The van der Waals surface area contributed by atoms with Gasteiger partial charge in [-0.3, -0.25) is 9.59 Å². The highest BCUT2D eigenvalue weighted by Gasteiger charge is 2.22. The summed E-state index contributed by atoms with van der Waals surface area (Å²) < 4.78 is 5.03. The second-order valence-electron chi connectivity index (χ2n) is 4.91. The Labute approximate surface area is 146 Å². The van der Waals surface area contributed by atoms with Crippen molar-refractivity contribution in [3.63, 3.8) is 0 Å². The molecule has 0 aliphatic rings. The minimum atomic E-state index is -0.471. The van der Waals surface area contributed by atoms with Gasteiger partial charge in [0, 0.05) is 10.7 Å². The minimum absolute atomic E-state index is 0.235. The lowest BCUT2D eigenvalue weighted by molar-refractivity contribution is -0.145. The van der Waals surface area contributed by atoms with E-state index in [1.807, 2.05) is 6.92 Å². The summed E-state index contributed by atoms with van der Waals surface area (Å²) in [6, 6.07) is 4.56. The van der Waals surface area contributed by atoms with Crippen LogP contribution in [0.4, 0.5) is 0 Å². The molecule has 0 aliphatic carbocycles. The Morgan fingerprint density at radius 3 is 2.57 bits per heavy atom. The molecular formula is C16H20Cl2N2O3. The normalized spacial score (nSPS) is 12.7. The first kappa shape index (κ1) is 19.5. The van der Waals surface area contributed by atoms with Crippen LogP contribution in [-0.4, -0.2) is 24.2 Å². The van der Waals surface area contributed by atoms with Crippen LogP contribution in [0.2, 0.25) is 10.0 Å². The highest BCUT2D eigenvalue weighted by atomic mass is 35.5. The summed E-state index contributed by atoms with van der Waals surface area (Å²) in [6.07, 6.45) is 1.40. The van der Waals surface area contributed by atoms with E-state index in [9.17, 15) is 9.59 Å². The Kier molecular flexibility index (Phi) is 8.06. The highest BCUT2D eigenvalue weighted by Crippen LogP contribution is 2.20. The van der Waals surface area contributed by atoms with Crippen LogP contribution in [0.3, 0.4) is 0 Å². The van der Waals surface area contributed by atoms with Crippen LogP contribution < -0.4 is 5.43 Å². The average Bonchev–Trinajstić information content (AvgIpc) is 2.50. The van der Waals surface area contributed by atoms with Crippen molar-refractivity contribution in [2.24, 2.45) is 11.0 Å². The Balaban J connectivity index is 2.83. The van der Waals surface area contributed by atoms with Crippen molar-refractivity contribution in [1.29, 1.82) is 0 Å². The van der Waals surface area contributed by atoms with Crippen molar-refractivity contribution >= 4 is 40.8 Å². The van der Waals surface area contributed by atoms with Crippen molar-refractivity contribution in [2.45, 2.75) is 33.6 Å². The largest absolute Gasteiger partial charge is 0.465 e. The number of ether oxygens (including phenoxy) is 1. The number of rotatable bonds is 7. The van der Waals surface area contributed by atoms with Crippen LogP contribution in [0.1, 0.15) is 44.0 Å². The SMILES string of the molecule is CCCC(C(=O)OCC)C(C)=NNC(=O)c1ccc(Cl)cc1Cl. The number of carbonyl (C=O) groups is 2. The molecule has 126 valence electrons. The zero-order chi connectivity index (χ0) is 17.4. The summed E-state index contributed by atoms with van der Waals surface area (Å²) in [7, 11) is 0. The lowest BCUT2D eigenvalue weighted by Crippen LogP contribution is -2.28. The molecule has 7 heteroatoms. The van der Waals surface area contributed by atoms with E-state index in [1.54, 1.807) is 19.9 Å². The first-order valence-corrected chi connectivity index (χ1v) is 8.12. The van der Waals surface area contributed by atoms with Gasteiger partial charge in [0.25, 0.3) is 5.91 Å². The number of benzene rings is 1. The van der Waals surface area contributed by atoms with Gasteiger partial charge >= 0.3 is 5.97 Å². The van der Waals surface area contributed by atoms with Gasteiger partial charge < -0.3 is 4.74 Å². The third-order valence-corrected chi connectivity index (χ3v) is 3.71. The van der Waals surface area contributed by atoms with E-state index in [1.165, 1.54) is 12.1 Å². The maximum absolute atomic E-state index is 12.1. The fraction of sp³-hybridized carbons (Fsp3) is 0.438. The number of hydrogen-bond acceptors (Lipinski definition) is 4. The number of esters is 1. The summed E-state index contributed by atoms with van der Waals surface area (Å²) in [6.45, 7) is 5.70. The number of amides is 1. The summed E-state index contributed by atoms with van der Waals surface area (Å²) in [5, 5.41) is 4.69. The molecule has 1 rings (SSSR count). The zero-order valence-electron chi connectivity index (χ0n) is 13.4. The molecule has 0 radical (unpaired) electrons. The van der Waals surface area contributed by atoms with Crippen LogP contribution in [0.25, 0.3) is 0 Å². The lowest BCUT2D eigenvalue weighted by atomic mass is 9.99. The molecule has 0 saturated carbocycles. The number of carbonyl (C=O) groups excluding carboxylic acids is 2. The third kappa shape index (κ3) is 5.84. The van der Waals surface area contributed by atoms with Crippen molar-refractivity contribution in [2.75, 3.05) is 6.61 Å². The van der Waals surface area contributed by atoms with Crippen LogP contribution in [0, 0.1) is 5.92 Å². The minimum Gasteiger partial charge on any atom is -0.465 e. The fourth-order valence-electron chi connectivity index (χ4n) is 1.98. The molecule has 0 aliphatic heterocycles. The van der Waals surface area contributed by atoms with Gasteiger partial charge in [0.05, 0.1) is 23.1 Å². The quantitative estimate of drug-likeness (QED) is 0.453. The van der Waals surface area contributed by atoms with Crippen molar-refractivity contribution < 1.29 is 14.3 Å². The van der Waals surface area contributed by atoms with Gasteiger partial charge in [-0.05, 0) is 38.5 Å². The molecule has 0 aromatic heterocycles. The van der Waals surface area contributed by atoms with Gasteiger partial charge in [-0.25, -0.2) is 5.43 Å². The van der Waals surface area contributed by atoms with E-state index >= 15 is 0 Å². The Bertz CT molecular complexity index is 603. The van der Waals surface area contributed by atoms with E-state index in [0.717, 1.165) is 6.42 Å². The zero-order valence-corrected chi connectivity index (χ0v) is 14.9. The van der Waals surface area contributed by atoms with Crippen molar-refractivity contribution in [3.05, 3.63) is 33.8 Å². The molecule has 1 aromatic rings. The molecular weight excluding hydrogens is 339 g/mol. The average molecular weight is 359 g/mol. The Morgan fingerprint density at radius 1 is 1.30 bits per heavy atom. The van der Waals surface area contributed by atoms with Crippen LogP contribution in [-0.2, 0) is 9.53 Å². The van der Waals surface area contributed by atoms with E-state index in [4.69, 9.17) is 27.9 Å². The van der Waals surface area contributed by atoms with E-state index < -0.39 is 11.8 Å². The smallest absolute Gasteiger partial charge is 0.314 e. The van der Waals surface area contributed by atoms with Gasteiger partial charge in [-0.1, -0.05) is 36.5 Å². The molecule has 1 amide bonds. The molecule has 23 heavy (non-hydrogen) atoms. The molecule has 1 aromatic carbocycles. The molecule has 1 unspecified atom stereocenters. The predicted molar refractivity (Wildman–Crippen MR) is 92.1 cm³/mol. The fourth-order valence-corrected chi connectivity index (χ4v) is 2.47. The maximum Gasteiger partial charge on any atom is 0.314 e. The number of nitrogens with zero attached hydrogens (tertiary/aromatic N) is 1. The van der Waals surface area contributed by atoms with Gasteiger partial charge in [0.2, 0.25) is 0 Å². The van der Waals surface area contributed by atoms with Gasteiger partial charge in [0.1, 0.15) is 0 Å². The van der Waals surface area contributed by atoms with Gasteiger partial charge in [-0.2, -0.15) is 5.10 Å². The molecule has 0 spiro atoms. The molecule has 0 fully saturated rings. The highest BCUT2D eigenvalue weighted by molar-refractivity contribution is 6.36. The molecule has 0 heterocycles. The summed E-state index contributed by atoms with van der Waals surface area (Å²) in [5.41, 5.74) is 3.16. The second-order valence-corrected chi connectivity index (χ2v) is 5.76. The van der Waals surface area contributed by atoms with Crippen molar-refractivity contribution in [3.8, 4) is 0 Å². The molecule has 0 bridgehead atoms. The molecule has 0 saturated heterocycles. The summed E-state index contributed by atoms with van der Waals surface area (Å²) in [4.78, 5) is 24.0. The van der Waals surface area contributed by atoms with Crippen LogP contribution in [0.15, 0.2) is 23.3 Å². The maximum atomic E-state index is 12.1. The Hall–Kier alpha value is -1.59. The number of hydrazone groups is 1. The molecule has 5 nitrogen and oxygen atoms in total. The summed E-state index contributed by atoms with van der Waals surface area (Å²) >= 11 is 11.8. The standard InChI is InChI=1S/C16H20Cl2N2O3/c1-4-6-12(16(22)23-5-2)10(3)19-20-15(21)13-8-7-11(17)9-14(13)18/h7-9,12H,4-6H2,1-3H3,(H,20,21). The van der Waals surface area contributed by atoms with Gasteiger partial charge in [-0.15, -0.1) is 0 Å². The monoisotopic (exact) mass is 358 g/mol. The van der Waals surface area contributed by atoms with E-state index in [2.05, 4.69) is 10.5 Å². The topological polar surface area (TPSA) is 67.8 Å². The number of halogens is 2. The van der Waals surface area contributed by atoms with E-state index in [0.29, 0.717) is 23.8 Å². The van der Waals surface area contributed by atoms with Crippen LogP contribution in [0.5, 0.6) is 0 Å². The van der Waals surface area contributed by atoms with Crippen molar-refractivity contribution in [1.82, 2.24) is 5.43 Å².